The topological polar surface area (TPSA) is 58.4 Å². The Balaban J connectivity index is 1.90. The second-order valence-corrected chi connectivity index (χ2v) is 6.84. The quantitative estimate of drug-likeness (QED) is 0.893. The predicted molar refractivity (Wildman–Crippen MR) is 87.2 cm³/mol. The lowest BCUT2D eigenvalue weighted by Crippen LogP contribution is -2.42. The Hall–Kier alpha value is -1.55. The molecule has 1 saturated carbocycles. The van der Waals surface area contributed by atoms with Gasteiger partial charge in [-0.05, 0) is 48.8 Å². The van der Waals surface area contributed by atoms with E-state index in [2.05, 4.69) is 19.2 Å². The fourth-order valence-corrected chi connectivity index (χ4v) is 2.87. The molecule has 0 aliphatic heterocycles. The first-order valence-corrected chi connectivity index (χ1v) is 7.74. The van der Waals surface area contributed by atoms with Gasteiger partial charge >= 0.3 is 6.03 Å². The first-order valence-electron chi connectivity index (χ1n) is 7.74. The molecule has 0 atom stereocenters. The van der Waals surface area contributed by atoms with Crippen LogP contribution in [-0.2, 0) is 6.54 Å². The lowest BCUT2D eigenvalue weighted by atomic mass is 9.75. The van der Waals surface area contributed by atoms with Gasteiger partial charge < -0.3 is 16.0 Å². The highest BCUT2D eigenvalue weighted by Gasteiger charge is 2.30. The first-order chi connectivity index (χ1) is 9.91. The molecule has 1 aliphatic carbocycles. The van der Waals surface area contributed by atoms with Crippen LogP contribution in [0.25, 0.3) is 0 Å². The van der Waals surface area contributed by atoms with Crippen LogP contribution < -0.4 is 11.1 Å². The van der Waals surface area contributed by atoms with Gasteiger partial charge in [-0.1, -0.05) is 26.0 Å². The van der Waals surface area contributed by atoms with Crippen LogP contribution in [0.15, 0.2) is 24.3 Å². The number of nitrogens with one attached hydrogen (secondary N) is 1. The molecule has 116 valence electrons. The third kappa shape index (κ3) is 4.21. The van der Waals surface area contributed by atoms with Gasteiger partial charge in [0, 0.05) is 25.3 Å². The van der Waals surface area contributed by atoms with Crippen LogP contribution in [-0.4, -0.2) is 24.0 Å². The minimum atomic E-state index is -0.0276. The molecule has 1 aromatic rings. The summed E-state index contributed by atoms with van der Waals surface area (Å²) in [6.45, 7) is 5.14. The molecule has 1 fully saturated rings. The minimum absolute atomic E-state index is 0.0276. The van der Waals surface area contributed by atoms with Crippen LogP contribution in [0.3, 0.4) is 0 Å². The number of anilines is 1. The van der Waals surface area contributed by atoms with Crippen molar-refractivity contribution in [2.75, 3.05) is 12.4 Å². The summed E-state index contributed by atoms with van der Waals surface area (Å²) in [5, 5.41) is 2.96. The van der Waals surface area contributed by atoms with E-state index in [0.29, 0.717) is 18.0 Å². The second-order valence-electron chi connectivity index (χ2n) is 6.84. The first kappa shape index (κ1) is 15.8. The smallest absolute Gasteiger partial charge is 0.321 e. The molecule has 0 heterocycles. The van der Waals surface area contributed by atoms with E-state index in [9.17, 15) is 4.79 Å². The van der Waals surface area contributed by atoms with Gasteiger partial charge in [0.2, 0.25) is 0 Å². The van der Waals surface area contributed by atoms with Gasteiger partial charge in [0.05, 0.1) is 0 Å². The Labute approximate surface area is 127 Å². The largest absolute Gasteiger partial charge is 0.326 e. The number of hydrogen-bond donors (Lipinski definition) is 2. The number of carbonyl (C=O) groups excluding carboxylic acids is 1. The van der Waals surface area contributed by atoms with Crippen molar-refractivity contribution in [1.29, 1.82) is 0 Å². The maximum Gasteiger partial charge on any atom is 0.321 e. The van der Waals surface area contributed by atoms with E-state index in [1.54, 1.807) is 0 Å². The molecule has 0 bridgehead atoms. The van der Waals surface area contributed by atoms with Crippen LogP contribution in [0, 0.1) is 5.41 Å². The SMILES string of the molecule is CN(C(=O)Nc1ccc(CN)cc1)C1CCC(C)(C)CC1. The third-order valence-corrected chi connectivity index (χ3v) is 4.62. The molecule has 4 nitrogen and oxygen atoms in total. The maximum atomic E-state index is 12.3. The van der Waals surface area contributed by atoms with Gasteiger partial charge in [-0.3, -0.25) is 0 Å². The summed E-state index contributed by atoms with van der Waals surface area (Å²) >= 11 is 0. The lowest BCUT2D eigenvalue weighted by Gasteiger charge is -2.38. The second kappa shape index (κ2) is 6.48. The van der Waals surface area contributed by atoms with E-state index in [1.807, 2.05) is 36.2 Å². The highest BCUT2D eigenvalue weighted by Crippen LogP contribution is 2.36. The minimum Gasteiger partial charge on any atom is -0.326 e. The maximum absolute atomic E-state index is 12.3. The lowest BCUT2D eigenvalue weighted by molar-refractivity contribution is 0.142. The van der Waals surface area contributed by atoms with Crippen LogP contribution in [0.4, 0.5) is 10.5 Å². The fraction of sp³-hybridized carbons (Fsp3) is 0.588. The number of amides is 2. The number of hydrogen-bond acceptors (Lipinski definition) is 2. The third-order valence-electron chi connectivity index (χ3n) is 4.62. The highest BCUT2D eigenvalue weighted by atomic mass is 16.2. The fourth-order valence-electron chi connectivity index (χ4n) is 2.87. The number of carbonyl (C=O) groups is 1. The van der Waals surface area contributed by atoms with Crippen LogP contribution in [0.1, 0.15) is 45.1 Å². The Morgan fingerprint density at radius 3 is 2.38 bits per heavy atom. The van der Waals surface area contributed by atoms with Gasteiger partial charge in [0.1, 0.15) is 0 Å². The molecular weight excluding hydrogens is 262 g/mol. The summed E-state index contributed by atoms with van der Waals surface area (Å²) in [5.74, 6) is 0. The van der Waals surface area contributed by atoms with Crippen molar-refractivity contribution in [2.24, 2.45) is 11.1 Å². The zero-order chi connectivity index (χ0) is 15.5. The Kier molecular flexibility index (Phi) is 4.88. The number of nitrogens with two attached hydrogens (primary N) is 1. The van der Waals surface area contributed by atoms with E-state index in [1.165, 1.54) is 12.8 Å². The molecule has 3 N–H and O–H groups in total. The van der Waals surface area contributed by atoms with Crippen molar-refractivity contribution < 1.29 is 4.79 Å². The summed E-state index contributed by atoms with van der Waals surface area (Å²) in [6.07, 6.45) is 4.53. The monoisotopic (exact) mass is 289 g/mol. The molecule has 0 spiro atoms. The van der Waals surface area contributed by atoms with E-state index < -0.39 is 0 Å². The normalized spacial score (nSPS) is 18.3. The van der Waals surface area contributed by atoms with Gasteiger partial charge in [0.15, 0.2) is 0 Å². The molecule has 1 aromatic carbocycles. The van der Waals surface area contributed by atoms with Crippen molar-refractivity contribution in [2.45, 2.75) is 52.1 Å². The molecule has 2 rings (SSSR count). The van der Waals surface area contributed by atoms with Gasteiger partial charge in [-0.25, -0.2) is 4.79 Å². The summed E-state index contributed by atoms with van der Waals surface area (Å²) in [6, 6.07) is 8.01. The molecule has 1 aliphatic rings. The number of nitrogens with zero attached hydrogens (tertiary/aromatic N) is 1. The molecule has 0 unspecified atom stereocenters. The standard InChI is InChI=1S/C17H27N3O/c1-17(2)10-8-15(9-11-17)20(3)16(21)19-14-6-4-13(12-18)5-7-14/h4-7,15H,8-12,18H2,1-3H3,(H,19,21). The summed E-state index contributed by atoms with van der Waals surface area (Å²) in [5.41, 5.74) is 7.88. The van der Waals surface area contributed by atoms with Gasteiger partial charge in [0.25, 0.3) is 0 Å². The van der Waals surface area contributed by atoms with E-state index in [-0.39, 0.29) is 6.03 Å². The predicted octanol–water partition coefficient (Wildman–Crippen LogP) is 3.58. The van der Waals surface area contributed by atoms with Crippen molar-refractivity contribution in [3.63, 3.8) is 0 Å². The van der Waals surface area contributed by atoms with Crippen molar-refractivity contribution >= 4 is 11.7 Å². The van der Waals surface area contributed by atoms with Crippen LogP contribution >= 0.6 is 0 Å². The molecule has 0 aromatic heterocycles. The molecular formula is C17H27N3O. The molecule has 2 amide bonds. The summed E-state index contributed by atoms with van der Waals surface area (Å²) in [7, 11) is 1.90. The number of benzene rings is 1. The molecule has 0 radical (unpaired) electrons. The van der Waals surface area contributed by atoms with Crippen molar-refractivity contribution in [3.8, 4) is 0 Å². The number of rotatable bonds is 3. The van der Waals surface area contributed by atoms with Crippen molar-refractivity contribution in [1.82, 2.24) is 4.90 Å². The molecule has 4 heteroatoms. The zero-order valence-corrected chi connectivity index (χ0v) is 13.4. The van der Waals surface area contributed by atoms with E-state index in [4.69, 9.17) is 5.73 Å². The van der Waals surface area contributed by atoms with Crippen LogP contribution in [0.2, 0.25) is 0 Å². The Bertz CT molecular complexity index is 471. The van der Waals surface area contributed by atoms with Crippen molar-refractivity contribution in [3.05, 3.63) is 29.8 Å². The Morgan fingerprint density at radius 1 is 1.29 bits per heavy atom. The highest BCUT2D eigenvalue weighted by molar-refractivity contribution is 5.89. The van der Waals surface area contributed by atoms with E-state index in [0.717, 1.165) is 24.1 Å². The van der Waals surface area contributed by atoms with Crippen LogP contribution in [0.5, 0.6) is 0 Å². The number of urea groups is 1. The summed E-state index contributed by atoms with van der Waals surface area (Å²) in [4.78, 5) is 14.2. The van der Waals surface area contributed by atoms with Gasteiger partial charge in [-0.15, -0.1) is 0 Å². The van der Waals surface area contributed by atoms with Gasteiger partial charge in [-0.2, -0.15) is 0 Å². The summed E-state index contributed by atoms with van der Waals surface area (Å²) < 4.78 is 0. The average Bonchev–Trinajstić information content (AvgIpc) is 2.47. The molecule has 21 heavy (non-hydrogen) atoms. The average molecular weight is 289 g/mol. The van der Waals surface area contributed by atoms with E-state index >= 15 is 0 Å². The molecule has 0 saturated heterocycles. The zero-order valence-electron chi connectivity index (χ0n) is 13.4. The Morgan fingerprint density at radius 2 is 1.86 bits per heavy atom.